The molecule has 3 heterocycles. The standard InChI is InChI=1S/C21H20ClN5O3/c22-19-23-10-27(26-19)21-7-12-3-13(8-21)6-20(5-12,9-21)18-25-24-17(30-18)14-1-2-15-16(4-14)29-11-28-15/h1-2,4,10,12-13H,3,5-9,11H2. The summed E-state index contributed by atoms with van der Waals surface area (Å²) >= 11 is 6.06. The Hall–Kier alpha value is -2.61. The molecule has 9 heteroatoms. The fourth-order valence-electron chi connectivity index (χ4n) is 6.79. The molecule has 5 aliphatic rings. The van der Waals surface area contributed by atoms with Crippen LogP contribution in [0.1, 0.15) is 44.4 Å². The van der Waals surface area contributed by atoms with Crippen molar-refractivity contribution in [2.45, 2.75) is 49.5 Å². The van der Waals surface area contributed by atoms with Gasteiger partial charge in [0.2, 0.25) is 23.9 Å². The van der Waals surface area contributed by atoms with Gasteiger partial charge in [-0.05, 0) is 80.2 Å². The van der Waals surface area contributed by atoms with E-state index in [-0.39, 0.29) is 17.7 Å². The second-order valence-corrected chi connectivity index (χ2v) is 9.74. The molecule has 8 nitrogen and oxygen atoms in total. The van der Waals surface area contributed by atoms with Crippen molar-refractivity contribution < 1.29 is 13.9 Å². The number of hydrogen-bond donors (Lipinski definition) is 0. The van der Waals surface area contributed by atoms with E-state index in [9.17, 15) is 0 Å². The summed E-state index contributed by atoms with van der Waals surface area (Å²) in [5.74, 6) is 4.00. The van der Waals surface area contributed by atoms with E-state index in [1.165, 1.54) is 6.42 Å². The monoisotopic (exact) mass is 425 g/mol. The van der Waals surface area contributed by atoms with Crippen molar-refractivity contribution in [3.8, 4) is 23.0 Å². The van der Waals surface area contributed by atoms with Crippen LogP contribution in [0.2, 0.25) is 5.28 Å². The molecular formula is C21H20ClN5O3. The van der Waals surface area contributed by atoms with Gasteiger partial charge in [-0.25, -0.2) is 9.67 Å². The first kappa shape index (κ1) is 17.1. The first-order valence-corrected chi connectivity index (χ1v) is 10.8. The highest BCUT2D eigenvalue weighted by Gasteiger charge is 2.61. The van der Waals surface area contributed by atoms with Gasteiger partial charge < -0.3 is 13.9 Å². The smallest absolute Gasteiger partial charge is 0.247 e. The molecule has 4 aliphatic carbocycles. The van der Waals surface area contributed by atoms with Gasteiger partial charge in [0, 0.05) is 5.56 Å². The van der Waals surface area contributed by atoms with Gasteiger partial charge in [-0.2, -0.15) is 0 Å². The maximum absolute atomic E-state index is 6.31. The molecule has 2 unspecified atom stereocenters. The first-order valence-electron chi connectivity index (χ1n) is 10.4. The van der Waals surface area contributed by atoms with Gasteiger partial charge in [-0.3, -0.25) is 0 Å². The van der Waals surface area contributed by atoms with Crippen LogP contribution in [0.15, 0.2) is 28.9 Å². The Morgan fingerprint density at radius 1 is 1.03 bits per heavy atom. The number of hydrogen-bond acceptors (Lipinski definition) is 7. The summed E-state index contributed by atoms with van der Waals surface area (Å²) in [5.41, 5.74) is 0.683. The second-order valence-electron chi connectivity index (χ2n) is 9.40. The molecule has 4 fully saturated rings. The summed E-state index contributed by atoms with van der Waals surface area (Å²) in [6.07, 6.45) is 8.43. The van der Waals surface area contributed by atoms with E-state index in [4.69, 9.17) is 25.5 Å². The molecule has 0 spiro atoms. The number of aromatic nitrogens is 5. The van der Waals surface area contributed by atoms with Crippen molar-refractivity contribution in [2.75, 3.05) is 6.79 Å². The molecule has 0 amide bonds. The average molecular weight is 426 g/mol. The van der Waals surface area contributed by atoms with Crippen molar-refractivity contribution in [1.82, 2.24) is 25.0 Å². The van der Waals surface area contributed by atoms with Crippen molar-refractivity contribution >= 4 is 11.6 Å². The Morgan fingerprint density at radius 3 is 2.67 bits per heavy atom. The van der Waals surface area contributed by atoms with Gasteiger partial charge in [0.15, 0.2) is 11.5 Å². The van der Waals surface area contributed by atoms with Crippen LogP contribution in [0.3, 0.4) is 0 Å². The summed E-state index contributed by atoms with van der Waals surface area (Å²) in [5, 5.41) is 13.7. The number of ether oxygens (including phenoxy) is 2. The van der Waals surface area contributed by atoms with Crippen LogP contribution >= 0.6 is 11.6 Å². The zero-order chi connectivity index (χ0) is 19.9. The van der Waals surface area contributed by atoms with E-state index in [0.717, 1.165) is 49.3 Å². The Balaban J connectivity index is 1.27. The van der Waals surface area contributed by atoms with E-state index < -0.39 is 0 Å². The van der Waals surface area contributed by atoms with Crippen LogP contribution in [0.4, 0.5) is 0 Å². The molecule has 0 radical (unpaired) electrons. The number of nitrogens with zero attached hydrogens (tertiary/aromatic N) is 5. The molecule has 30 heavy (non-hydrogen) atoms. The van der Waals surface area contributed by atoms with Crippen molar-refractivity contribution in [1.29, 1.82) is 0 Å². The van der Waals surface area contributed by atoms with Gasteiger partial charge >= 0.3 is 0 Å². The first-order chi connectivity index (χ1) is 14.6. The van der Waals surface area contributed by atoms with Crippen LogP contribution in [-0.4, -0.2) is 31.8 Å². The normalized spacial score (nSPS) is 33.4. The summed E-state index contributed by atoms with van der Waals surface area (Å²) in [7, 11) is 0. The zero-order valence-electron chi connectivity index (χ0n) is 16.3. The predicted molar refractivity (Wildman–Crippen MR) is 105 cm³/mol. The van der Waals surface area contributed by atoms with Gasteiger partial charge in [0.05, 0.1) is 11.0 Å². The molecule has 0 N–H and O–H groups in total. The van der Waals surface area contributed by atoms with Crippen molar-refractivity contribution in [3.63, 3.8) is 0 Å². The lowest BCUT2D eigenvalue weighted by molar-refractivity contribution is -0.0772. The molecule has 1 aliphatic heterocycles. The Bertz CT molecular complexity index is 1140. The molecule has 1 aromatic carbocycles. The third-order valence-corrected chi connectivity index (χ3v) is 7.65. The van der Waals surface area contributed by atoms with E-state index in [2.05, 4.69) is 20.3 Å². The molecule has 4 saturated carbocycles. The van der Waals surface area contributed by atoms with E-state index in [1.807, 2.05) is 22.9 Å². The maximum atomic E-state index is 6.31. The lowest BCUT2D eigenvalue weighted by atomic mass is 9.47. The number of halogens is 1. The molecule has 0 saturated heterocycles. The number of benzene rings is 1. The highest BCUT2D eigenvalue weighted by Crippen LogP contribution is 2.64. The molecular weight excluding hydrogens is 406 g/mol. The average Bonchev–Trinajstić information content (AvgIpc) is 3.47. The number of rotatable bonds is 3. The Labute approximate surface area is 177 Å². The summed E-state index contributed by atoms with van der Waals surface area (Å²) in [6.45, 7) is 0.244. The maximum Gasteiger partial charge on any atom is 0.247 e. The second kappa shape index (κ2) is 5.75. The zero-order valence-corrected chi connectivity index (χ0v) is 17.0. The third kappa shape index (κ3) is 2.34. The molecule has 3 aromatic rings. The summed E-state index contributed by atoms with van der Waals surface area (Å²) in [6, 6.07) is 5.72. The predicted octanol–water partition coefficient (Wildman–Crippen LogP) is 3.96. The minimum Gasteiger partial charge on any atom is -0.454 e. The van der Waals surface area contributed by atoms with E-state index >= 15 is 0 Å². The van der Waals surface area contributed by atoms with Crippen LogP contribution in [-0.2, 0) is 11.0 Å². The highest BCUT2D eigenvalue weighted by atomic mass is 35.5. The fourth-order valence-corrected chi connectivity index (χ4v) is 6.91. The van der Waals surface area contributed by atoms with E-state index in [0.29, 0.717) is 28.8 Å². The van der Waals surface area contributed by atoms with Crippen LogP contribution in [0, 0.1) is 11.8 Å². The minimum atomic E-state index is -0.107. The quantitative estimate of drug-likeness (QED) is 0.627. The third-order valence-electron chi connectivity index (χ3n) is 7.48. The largest absolute Gasteiger partial charge is 0.454 e. The van der Waals surface area contributed by atoms with Gasteiger partial charge in [0.1, 0.15) is 6.33 Å². The Kier molecular flexibility index (Phi) is 3.28. The summed E-state index contributed by atoms with van der Waals surface area (Å²) in [4.78, 5) is 4.19. The highest BCUT2D eigenvalue weighted by molar-refractivity contribution is 6.28. The molecule has 2 aromatic heterocycles. The van der Waals surface area contributed by atoms with Gasteiger partial charge in [-0.1, -0.05) is 0 Å². The minimum absolute atomic E-state index is 0.0579. The summed E-state index contributed by atoms with van der Waals surface area (Å²) < 4.78 is 19.2. The van der Waals surface area contributed by atoms with Gasteiger partial charge in [0.25, 0.3) is 0 Å². The van der Waals surface area contributed by atoms with Crippen LogP contribution < -0.4 is 9.47 Å². The topological polar surface area (TPSA) is 88.1 Å². The molecule has 154 valence electrons. The van der Waals surface area contributed by atoms with Crippen LogP contribution in [0.5, 0.6) is 11.5 Å². The lowest BCUT2D eigenvalue weighted by Gasteiger charge is -2.60. The van der Waals surface area contributed by atoms with Crippen molar-refractivity contribution in [2.24, 2.45) is 11.8 Å². The molecule has 2 atom stereocenters. The SMILES string of the molecule is Clc1ncn(C23CC4CC(CC(c5nnc(-c6ccc7c(c6)OCO7)o5)(C4)C2)C3)n1. The van der Waals surface area contributed by atoms with Gasteiger partial charge in [-0.15, -0.1) is 15.3 Å². The van der Waals surface area contributed by atoms with Crippen LogP contribution in [0.25, 0.3) is 11.5 Å². The van der Waals surface area contributed by atoms with E-state index in [1.54, 1.807) is 6.33 Å². The fraction of sp³-hybridized carbons (Fsp3) is 0.524. The molecule has 8 rings (SSSR count). The Morgan fingerprint density at radius 2 is 1.87 bits per heavy atom. The van der Waals surface area contributed by atoms with Crippen molar-refractivity contribution in [3.05, 3.63) is 35.7 Å². The molecule has 4 bridgehead atoms. The lowest BCUT2D eigenvalue weighted by Crippen LogP contribution is -2.58. The number of fused-ring (bicyclic) bond motifs is 1.